The number of hydrogen-bond acceptors (Lipinski definition) is 2. The van der Waals surface area contributed by atoms with Gasteiger partial charge in [-0.2, -0.15) is 0 Å². The van der Waals surface area contributed by atoms with Crippen molar-refractivity contribution >= 4 is 11.6 Å². The Balaban J connectivity index is 2.29. The summed E-state index contributed by atoms with van der Waals surface area (Å²) in [5, 5.41) is 3.73. The molecule has 0 spiro atoms. The minimum atomic E-state index is -0.313. The van der Waals surface area contributed by atoms with E-state index >= 15 is 0 Å². The molecule has 1 heterocycles. The summed E-state index contributed by atoms with van der Waals surface area (Å²) >= 11 is 6.10. The summed E-state index contributed by atoms with van der Waals surface area (Å²) in [6.45, 7) is 2.11. The molecule has 0 radical (unpaired) electrons. The van der Waals surface area contributed by atoms with Crippen LogP contribution >= 0.6 is 11.6 Å². The van der Waals surface area contributed by atoms with E-state index in [1.54, 1.807) is 12.3 Å². The molecule has 1 N–H and O–H groups in total. The second kappa shape index (κ2) is 6.82. The molecule has 1 aromatic heterocycles. The van der Waals surface area contributed by atoms with Gasteiger partial charge in [0.25, 0.3) is 0 Å². The van der Waals surface area contributed by atoms with Crippen molar-refractivity contribution in [1.82, 2.24) is 10.3 Å². The highest BCUT2D eigenvalue weighted by Gasteiger charge is 2.16. The van der Waals surface area contributed by atoms with E-state index in [0.717, 1.165) is 17.7 Å². The van der Waals surface area contributed by atoms with Crippen LogP contribution in [-0.2, 0) is 12.8 Å². The topological polar surface area (TPSA) is 24.9 Å². The van der Waals surface area contributed by atoms with Gasteiger partial charge in [0.05, 0.1) is 11.7 Å². The maximum atomic E-state index is 13.1. The predicted octanol–water partition coefficient (Wildman–Crippen LogP) is 3.94. The van der Waals surface area contributed by atoms with Crippen molar-refractivity contribution in [2.24, 2.45) is 0 Å². The summed E-state index contributed by atoms with van der Waals surface area (Å²) in [7, 11) is 1.90. The summed E-state index contributed by atoms with van der Waals surface area (Å²) in [4.78, 5) is 4.48. The van der Waals surface area contributed by atoms with Gasteiger partial charge in [0.15, 0.2) is 0 Å². The summed E-state index contributed by atoms with van der Waals surface area (Å²) in [5.41, 5.74) is 3.16. The molecule has 1 atom stereocenters. The van der Waals surface area contributed by atoms with Crippen LogP contribution < -0.4 is 5.32 Å². The van der Waals surface area contributed by atoms with Crippen molar-refractivity contribution in [3.63, 3.8) is 0 Å². The predicted molar refractivity (Wildman–Crippen MR) is 80.5 cm³/mol. The van der Waals surface area contributed by atoms with E-state index in [2.05, 4.69) is 23.3 Å². The maximum absolute atomic E-state index is 13.1. The van der Waals surface area contributed by atoms with E-state index in [4.69, 9.17) is 11.6 Å². The average Bonchev–Trinajstić information content (AvgIpc) is 2.46. The third-order valence-electron chi connectivity index (χ3n) is 3.42. The van der Waals surface area contributed by atoms with Gasteiger partial charge in [-0.15, -0.1) is 0 Å². The monoisotopic (exact) mass is 292 g/mol. The largest absolute Gasteiger partial charge is 0.311 e. The molecule has 1 aromatic carbocycles. The molecule has 0 saturated heterocycles. The molecule has 2 nitrogen and oxygen atoms in total. The van der Waals surface area contributed by atoms with Crippen LogP contribution in [0.2, 0.25) is 5.02 Å². The first-order valence-electron chi connectivity index (χ1n) is 6.70. The van der Waals surface area contributed by atoms with E-state index in [-0.39, 0.29) is 11.9 Å². The lowest BCUT2D eigenvalue weighted by Gasteiger charge is -2.19. The lowest BCUT2D eigenvalue weighted by molar-refractivity contribution is 0.568. The molecule has 2 rings (SSSR count). The fourth-order valence-electron chi connectivity index (χ4n) is 2.31. The average molecular weight is 293 g/mol. The standard InChI is InChI=1S/C16H18ClFN2/c1-3-11-5-4-8-20-16(11)15(19-2)9-12-6-7-13(18)10-14(12)17/h4-8,10,15,19H,3,9H2,1-2H3. The highest BCUT2D eigenvalue weighted by atomic mass is 35.5. The Labute approximate surface area is 124 Å². The molecule has 0 fully saturated rings. The Hall–Kier alpha value is -1.45. The van der Waals surface area contributed by atoms with Crippen LogP contribution in [-0.4, -0.2) is 12.0 Å². The van der Waals surface area contributed by atoms with Crippen LogP contribution in [0, 0.1) is 5.82 Å². The third-order valence-corrected chi connectivity index (χ3v) is 3.78. The molecule has 1 unspecified atom stereocenters. The minimum Gasteiger partial charge on any atom is -0.311 e. The number of hydrogen-bond donors (Lipinski definition) is 1. The lowest BCUT2D eigenvalue weighted by atomic mass is 9.98. The van der Waals surface area contributed by atoms with Crippen LogP contribution in [0.5, 0.6) is 0 Å². The molecule has 2 aromatic rings. The van der Waals surface area contributed by atoms with Crippen molar-refractivity contribution < 1.29 is 4.39 Å². The van der Waals surface area contributed by atoms with Crippen LogP contribution in [0.3, 0.4) is 0 Å². The Morgan fingerprint density at radius 2 is 2.10 bits per heavy atom. The molecule has 20 heavy (non-hydrogen) atoms. The van der Waals surface area contributed by atoms with Crippen LogP contribution in [0.1, 0.15) is 29.8 Å². The summed E-state index contributed by atoms with van der Waals surface area (Å²) < 4.78 is 13.1. The first kappa shape index (κ1) is 14.9. The van der Waals surface area contributed by atoms with Crippen molar-refractivity contribution in [3.8, 4) is 0 Å². The molecule has 0 bridgehead atoms. The highest BCUT2D eigenvalue weighted by molar-refractivity contribution is 6.31. The molecule has 0 amide bonds. The quantitative estimate of drug-likeness (QED) is 0.903. The second-order valence-electron chi connectivity index (χ2n) is 4.68. The van der Waals surface area contributed by atoms with Gasteiger partial charge in [0, 0.05) is 11.2 Å². The van der Waals surface area contributed by atoms with Crippen molar-refractivity contribution in [2.75, 3.05) is 7.05 Å². The van der Waals surface area contributed by atoms with Gasteiger partial charge in [-0.3, -0.25) is 4.98 Å². The summed E-state index contributed by atoms with van der Waals surface area (Å²) in [5.74, 6) is -0.313. The zero-order valence-electron chi connectivity index (χ0n) is 11.7. The minimum absolute atomic E-state index is 0.0640. The number of aromatic nitrogens is 1. The van der Waals surface area contributed by atoms with Gasteiger partial charge in [0.2, 0.25) is 0 Å². The Bertz CT molecular complexity index is 586. The zero-order chi connectivity index (χ0) is 14.5. The fourth-order valence-corrected chi connectivity index (χ4v) is 2.55. The van der Waals surface area contributed by atoms with E-state index in [9.17, 15) is 4.39 Å². The van der Waals surface area contributed by atoms with Gasteiger partial charge in [-0.05, 0) is 49.2 Å². The van der Waals surface area contributed by atoms with Gasteiger partial charge in [-0.25, -0.2) is 4.39 Å². The number of aryl methyl sites for hydroxylation is 1. The smallest absolute Gasteiger partial charge is 0.124 e. The van der Waals surface area contributed by atoms with Gasteiger partial charge < -0.3 is 5.32 Å². The Kier molecular flexibility index (Phi) is 5.10. The molecule has 0 aliphatic rings. The number of rotatable bonds is 5. The van der Waals surface area contributed by atoms with Crippen LogP contribution in [0.15, 0.2) is 36.5 Å². The Morgan fingerprint density at radius 1 is 1.30 bits per heavy atom. The maximum Gasteiger partial charge on any atom is 0.124 e. The fraction of sp³-hybridized carbons (Fsp3) is 0.312. The number of likely N-dealkylation sites (N-methyl/N-ethyl adjacent to an activating group) is 1. The lowest BCUT2D eigenvalue weighted by Crippen LogP contribution is -2.21. The first-order valence-corrected chi connectivity index (χ1v) is 7.08. The third kappa shape index (κ3) is 3.35. The molecular weight excluding hydrogens is 275 g/mol. The number of nitrogens with one attached hydrogen (secondary N) is 1. The normalized spacial score (nSPS) is 12.4. The molecule has 0 aliphatic heterocycles. The van der Waals surface area contributed by atoms with E-state index in [0.29, 0.717) is 11.4 Å². The second-order valence-corrected chi connectivity index (χ2v) is 5.09. The van der Waals surface area contributed by atoms with Crippen LogP contribution in [0.25, 0.3) is 0 Å². The molecule has 0 saturated carbocycles. The number of nitrogens with zero attached hydrogens (tertiary/aromatic N) is 1. The van der Waals surface area contributed by atoms with Crippen molar-refractivity contribution in [1.29, 1.82) is 0 Å². The van der Waals surface area contributed by atoms with Gasteiger partial charge in [-0.1, -0.05) is 30.7 Å². The number of halogens is 2. The van der Waals surface area contributed by atoms with E-state index in [1.807, 2.05) is 13.1 Å². The summed E-state index contributed by atoms with van der Waals surface area (Å²) in [6, 6.07) is 8.61. The molecule has 106 valence electrons. The van der Waals surface area contributed by atoms with Crippen LogP contribution in [0.4, 0.5) is 4.39 Å². The summed E-state index contributed by atoms with van der Waals surface area (Å²) in [6.07, 6.45) is 3.41. The number of pyridine rings is 1. The first-order chi connectivity index (χ1) is 9.65. The zero-order valence-corrected chi connectivity index (χ0v) is 12.4. The highest BCUT2D eigenvalue weighted by Crippen LogP contribution is 2.25. The van der Waals surface area contributed by atoms with Gasteiger partial charge >= 0.3 is 0 Å². The van der Waals surface area contributed by atoms with Crippen molar-refractivity contribution in [3.05, 3.63) is 64.2 Å². The molecule has 0 aliphatic carbocycles. The van der Waals surface area contributed by atoms with E-state index < -0.39 is 0 Å². The van der Waals surface area contributed by atoms with E-state index in [1.165, 1.54) is 17.7 Å². The SMILES string of the molecule is CCc1cccnc1C(Cc1ccc(F)cc1Cl)NC. The number of benzene rings is 1. The molecule has 4 heteroatoms. The Morgan fingerprint density at radius 3 is 2.75 bits per heavy atom. The molecular formula is C16H18ClFN2. The van der Waals surface area contributed by atoms with Gasteiger partial charge in [0.1, 0.15) is 5.82 Å². The van der Waals surface area contributed by atoms with Crippen molar-refractivity contribution in [2.45, 2.75) is 25.8 Å².